The van der Waals surface area contributed by atoms with Gasteiger partial charge in [0.05, 0.1) is 0 Å². The number of halogens is 1. The number of hydrogen-bond acceptors (Lipinski definition) is 1. The van der Waals surface area contributed by atoms with Crippen LogP contribution in [-0.2, 0) is 22.4 Å². The summed E-state index contributed by atoms with van der Waals surface area (Å²) in [6, 6.07) is 0. The molecule has 0 aromatic heterocycles. The van der Waals surface area contributed by atoms with Crippen LogP contribution in [0.15, 0.2) is 0 Å². The summed E-state index contributed by atoms with van der Waals surface area (Å²) in [5, 5.41) is 7.74. The molecular weight excluding hydrogens is 256 g/mol. The van der Waals surface area contributed by atoms with Gasteiger partial charge < -0.3 is 16.7 Å². The van der Waals surface area contributed by atoms with Gasteiger partial charge in [-0.15, -0.1) is 5.56 Å². The Kier molecular flexibility index (Phi) is 9.35. The van der Waals surface area contributed by atoms with Crippen molar-refractivity contribution in [1.29, 1.82) is 0 Å². The van der Waals surface area contributed by atoms with Crippen LogP contribution in [0.25, 0.3) is 0 Å². The number of aliphatic hydroxyl groups is 1. The largest absolute Gasteiger partial charge is 0.548 e. The molecule has 0 unspecified atom stereocenters. The molecule has 0 atom stereocenters. The van der Waals surface area contributed by atoms with E-state index >= 15 is 0 Å². The Morgan fingerprint density at radius 3 is 1.80 bits per heavy atom. The van der Waals surface area contributed by atoms with Gasteiger partial charge in [0.15, 0.2) is 0 Å². The van der Waals surface area contributed by atoms with E-state index < -0.39 is 0 Å². The van der Waals surface area contributed by atoms with Crippen molar-refractivity contribution in [3.63, 3.8) is 0 Å². The second-order valence-corrected chi connectivity index (χ2v) is 1.04. The molecule has 0 bridgehead atoms. The van der Waals surface area contributed by atoms with Crippen LogP contribution in [0.1, 0.15) is 6.92 Å². The van der Waals surface area contributed by atoms with Gasteiger partial charge >= 0.3 is 0 Å². The van der Waals surface area contributed by atoms with Crippen LogP contribution in [0.4, 0.5) is 0 Å². The molecule has 0 heterocycles. The summed E-state index contributed by atoms with van der Waals surface area (Å²) in [7, 11) is 0. The molecule has 31 valence electrons. The van der Waals surface area contributed by atoms with E-state index in [4.69, 9.17) is 16.7 Å². The first kappa shape index (κ1) is 9.37. The molecule has 0 rings (SSSR count). The predicted octanol–water partition coefficient (Wildman–Crippen LogP) is 1.10. The molecule has 5 heavy (non-hydrogen) atoms. The van der Waals surface area contributed by atoms with Gasteiger partial charge in [-0.05, 0) is 0 Å². The van der Waals surface area contributed by atoms with E-state index in [0.717, 1.165) is 0 Å². The van der Waals surface area contributed by atoms with Crippen molar-refractivity contribution in [2.24, 2.45) is 0 Å². The number of hydrogen-bond donors (Lipinski definition) is 1. The third kappa shape index (κ3) is 45.5. The summed E-state index contributed by atoms with van der Waals surface area (Å²) in [6.07, 6.45) is 0. The van der Waals surface area contributed by atoms with Gasteiger partial charge in [-0.1, -0.05) is 0 Å². The van der Waals surface area contributed by atoms with Crippen LogP contribution in [-0.4, -0.2) is 5.11 Å². The first-order chi connectivity index (χ1) is 1.73. The summed E-state index contributed by atoms with van der Waals surface area (Å²) < 4.78 is 0. The zero-order chi connectivity index (χ0) is 3.58. The summed E-state index contributed by atoms with van der Waals surface area (Å²) >= 11 is 4.75. The molecule has 0 saturated carbocycles. The Bertz CT molecular complexity index is 14.4. The monoisotopic (exact) mass is 260 g/mol. The molecule has 0 aliphatic rings. The molecule has 1 nitrogen and oxygen atoms in total. The van der Waals surface area contributed by atoms with Crippen LogP contribution in [0, 0.1) is 5.56 Å². The van der Waals surface area contributed by atoms with E-state index in [1.165, 1.54) is 6.92 Å². The van der Waals surface area contributed by atoms with Crippen molar-refractivity contribution in [2.45, 2.75) is 6.92 Å². The zero-order valence-electron chi connectivity index (χ0n) is 2.77. The van der Waals surface area contributed by atoms with Crippen molar-refractivity contribution in [1.82, 2.24) is 0 Å². The van der Waals surface area contributed by atoms with Crippen molar-refractivity contribution in [3.8, 4) is 0 Å². The molecule has 0 aromatic rings. The molecule has 1 N–H and O–H groups in total. The topological polar surface area (TPSA) is 20.2 Å². The number of rotatable bonds is 0. The minimum atomic E-state index is -0.111. The van der Waals surface area contributed by atoms with E-state index in [1.807, 2.05) is 0 Å². The van der Waals surface area contributed by atoms with Crippen molar-refractivity contribution >= 4 is 11.6 Å². The standard InChI is InChI=1S/C2H4ClO.Ta/c1-2(3)4;/h4H,1H3;/q-1;. The van der Waals surface area contributed by atoms with Gasteiger partial charge in [0.2, 0.25) is 0 Å². The Morgan fingerprint density at radius 1 is 1.80 bits per heavy atom. The van der Waals surface area contributed by atoms with Gasteiger partial charge in [-0.3, -0.25) is 0 Å². The Hall–Kier alpha value is 0.990. The quantitative estimate of drug-likeness (QED) is 0.647. The Labute approximate surface area is 51.8 Å². The van der Waals surface area contributed by atoms with Gasteiger partial charge in [0.25, 0.3) is 0 Å². The second-order valence-electron chi connectivity index (χ2n) is 0.497. The predicted molar refractivity (Wildman–Crippen MR) is 16.7 cm³/mol. The van der Waals surface area contributed by atoms with E-state index in [-0.39, 0.29) is 27.9 Å². The Morgan fingerprint density at radius 2 is 1.80 bits per heavy atom. The molecule has 0 aliphatic carbocycles. The maximum atomic E-state index is 7.74. The Balaban J connectivity index is 0. The molecule has 0 spiro atoms. The minimum absolute atomic E-state index is 0. The average molecular weight is 260 g/mol. The maximum Gasteiger partial charge on any atom is 0 e. The van der Waals surface area contributed by atoms with Crippen LogP contribution in [0.5, 0.6) is 0 Å². The van der Waals surface area contributed by atoms with Crippen molar-refractivity contribution in [2.75, 3.05) is 0 Å². The van der Waals surface area contributed by atoms with Gasteiger partial charge in [-0.2, -0.15) is 6.92 Å². The van der Waals surface area contributed by atoms with E-state index in [0.29, 0.717) is 0 Å². The van der Waals surface area contributed by atoms with Gasteiger partial charge in [-0.25, -0.2) is 0 Å². The molecule has 0 aromatic carbocycles. The molecule has 1 radical (unpaired) electrons. The van der Waals surface area contributed by atoms with Crippen LogP contribution in [0.2, 0.25) is 0 Å². The molecule has 0 aliphatic heterocycles. The van der Waals surface area contributed by atoms with Crippen LogP contribution < -0.4 is 0 Å². The van der Waals surface area contributed by atoms with Gasteiger partial charge in [0, 0.05) is 22.4 Å². The summed E-state index contributed by atoms with van der Waals surface area (Å²) in [4.78, 5) is 0. The van der Waals surface area contributed by atoms with E-state index in [9.17, 15) is 0 Å². The molecule has 3 heteroatoms. The zero-order valence-corrected chi connectivity index (χ0v) is 6.74. The molecule has 0 fully saturated rings. The normalized spacial score (nSPS) is 7.20. The fraction of sp³-hybridized carbons (Fsp3) is 0.500. The fourth-order valence-electron chi connectivity index (χ4n) is 0. The third-order valence-corrected chi connectivity index (χ3v) is 0. The second kappa shape index (κ2) is 4.99. The SMILES string of the molecule is C[C-](O)Cl.[Ta]. The first-order valence-electron chi connectivity index (χ1n) is 0.913. The number of aliphatic hydroxyl groups excluding tert-OH is 1. The first-order valence-corrected chi connectivity index (χ1v) is 1.29. The third-order valence-electron chi connectivity index (χ3n) is 0. The summed E-state index contributed by atoms with van der Waals surface area (Å²) in [5.74, 6) is 0. The fourth-order valence-corrected chi connectivity index (χ4v) is 0. The minimum Gasteiger partial charge on any atom is -0.548 e. The van der Waals surface area contributed by atoms with E-state index in [2.05, 4.69) is 0 Å². The summed E-state index contributed by atoms with van der Waals surface area (Å²) in [6.45, 7) is 1.40. The summed E-state index contributed by atoms with van der Waals surface area (Å²) in [5.41, 5.74) is -0.111. The van der Waals surface area contributed by atoms with Crippen molar-refractivity contribution in [3.05, 3.63) is 5.56 Å². The average Bonchev–Trinajstić information content (AvgIpc) is 0.811. The van der Waals surface area contributed by atoms with Gasteiger partial charge in [0.1, 0.15) is 0 Å². The van der Waals surface area contributed by atoms with E-state index in [1.54, 1.807) is 0 Å². The van der Waals surface area contributed by atoms with Crippen molar-refractivity contribution < 1.29 is 27.5 Å². The molecule has 0 saturated heterocycles. The van der Waals surface area contributed by atoms with Crippen LogP contribution >= 0.6 is 11.6 Å². The van der Waals surface area contributed by atoms with Crippen LogP contribution in [0.3, 0.4) is 0 Å². The maximum absolute atomic E-state index is 7.74. The molecular formula is C2H4ClOTa-. The smallest absolute Gasteiger partial charge is 0 e. The molecule has 0 amide bonds.